The maximum absolute atomic E-state index is 3.79. The molecule has 0 heterocycles. The van der Waals surface area contributed by atoms with Crippen molar-refractivity contribution in [2.45, 2.75) is 6.92 Å². The third-order valence-electron chi connectivity index (χ3n) is 1.17. The molecule has 0 aromatic heterocycles. The molecule has 0 fully saturated rings. The van der Waals surface area contributed by atoms with E-state index < -0.39 is 0 Å². The van der Waals surface area contributed by atoms with Crippen LogP contribution in [0.5, 0.6) is 0 Å². The zero-order chi connectivity index (χ0) is 6.69. The predicted octanol–water partition coefficient (Wildman–Crippen LogP) is -0.476. The summed E-state index contributed by atoms with van der Waals surface area (Å²) in [5, 5.41) is 0. The van der Waals surface area contributed by atoms with Gasteiger partial charge in [0.05, 0.1) is 0 Å². The number of allylic oxidation sites excluding steroid dienone is 1. The van der Waals surface area contributed by atoms with Gasteiger partial charge in [-0.25, -0.2) is 0 Å². The van der Waals surface area contributed by atoms with E-state index in [2.05, 4.69) is 12.6 Å². The Morgan fingerprint density at radius 2 is 2.20 bits per heavy atom. The molecule has 1 heteroatoms. The van der Waals surface area contributed by atoms with Crippen molar-refractivity contribution in [1.82, 2.24) is 0 Å². The second-order valence-corrected chi connectivity index (χ2v) is 2.06. The topological polar surface area (TPSA) is 0 Å². The van der Waals surface area contributed by atoms with Crippen LogP contribution in [0.4, 0.5) is 0 Å². The molecule has 0 nitrogen and oxygen atoms in total. The fourth-order valence-electron chi connectivity index (χ4n) is 0.659. The largest absolute Gasteiger partial charge is 1.00 e. The summed E-state index contributed by atoms with van der Waals surface area (Å²) in [4.78, 5) is 0. The fourth-order valence-corrected chi connectivity index (χ4v) is 0.659. The van der Waals surface area contributed by atoms with E-state index in [-0.39, 0.29) is 29.6 Å². The molecule has 1 rings (SSSR count). The van der Waals surface area contributed by atoms with Crippen molar-refractivity contribution in [1.29, 1.82) is 0 Å². The van der Waals surface area contributed by atoms with Crippen LogP contribution in [0.25, 0.3) is 5.57 Å². The molecule has 1 aromatic carbocycles. The zero-order valence-electron chi connectivity index (χ0n) is 6.52. The summed E-state index contributed by atoms with van der Waals surface area (Å²) in [6, 6.07) is 10.9. The van der Waals surface area contributed by atoms with Gasteiger partial charge < -0.3 is 0 Å². The smallest absolute Gasteiger partial charge is 0.148 e. The minimum atomic E-state index is 0. The molecule has 0 radical (unpaired) electrons. The second kappa shape index (κ2) is 4.73. The first-order chi connectivity index (χ1) is 4.30. The third kappa shape index (κ3) is 2.70. The van der Waals surface area contributed by atoms with Crippen LogP contribution in [0.1, 0.15) is 12.5 Å². The first kappa shape index (κ1) is 9.96. The molecule has 0 aliphatic heterocycles. The van der Waals surface area contributed by atoms with Gasteiger partial charge in [0.2, 0.25) is 0 Å². The maximum atomic E-state index is 3.79. The van der Waals surface area contributed by atoms with Crippen LogP contribution in [0, 0.1) is 6.07 Å². The van der Waals surface area contributed by atoms with E-state index in [9.17, 15) is 0 Å². The Kier molecular flexibility index (Phi) is 4.71. The number of hydrogen-bond donors (Lipinski definition) is 0. The van der Waals surface area contributed by atoms with Crippen LogP contribution in [0.3, 0.4) is 0 Å². The van der Waals surface area contributed by atoms with E-state index in [1.807, 2.05) is 31.2 Å². The van der Waals surface area contributed by atoms with Gasteiger partial charge in [0, 0.05) is 0 Å². The van der Waals surface area contributed by atoms with E-state index >= 15 is 0 Å². The predicted molar refractivity (Wildman–Crippen MR) is 40.0 cm³/mol. The molecule has 0 N–H and O–H groups in total. The van der Waals surface area contributed by atoms with Gasteiger partial charge in [-0.1, -0.05) is 6.92 Å². The average Bonchev–Trinajstić information content (AvgIpc) is 1.90. The summed E-state index contributed by atoms with van der Waals surface area (Å²) in [5.41, 5.74) is 2.16. The quantitative estimate of drug-likeness (QED) is 0.365. The van der Waals surface area contributed by atoms with Gasteiger partial charge in [0.15, 0.2) is 0 Å². The summed E-state index contributed by atoms with van der Waals surface area (Å²) >= 11 is 0. The Morgan fingerprint density at radius 3 is 2.50 bits per heavy atom. The maximum Gasteiger partial charge on any atom is 1.00 e. The summed E-state index contributed by atoms with van der Waals surface area (Å²) in [6.07, 6.45) is 0. The molecule has 0 bridgehead atoms. The molecule has 0 aliphatic carbocycles. The van der Waals surface area contributed by atoms with Crippen LogP contribution >= 0.6 is 0 Å². The normalized spacial score (nSPS) is 8.10. The standard InChI is InChI=1S/C9H9.Na/c1-8(2)9-6-4-3-5-7-9;/h3-6H,1H2,2H3;/q-1;+1. The summed E-state index contributed by atoms with van der Waals surface area (Å²) in [5.74, 6) is 0. The van der Waals surface area contributed by atoms with Gasteiger partial charge in [0.25, 0.3) is 0 Å². The first-order valence-electron chi connectivity index (χ1n) is 2.93. The minimum absolute atomic E-state index is 0. The minimum Gasteiger partial charge on any atom is -0.148 e. The van der Waals surface area contributed by atoms with Crippen molar-refractivity contribution >= 4 is 5.57 Å². The van der Waals surface area contributed by atoms with Gasteiger partial charge in [-0.15, -0.1) is 48.0 Å². The summed E-state index contributed by atoms with van der Waals surface area (Å²) in [7, 11) is 0. The van der Waals surface area contributed by atoms with Crippen molar-refractivity contribution in [2.24, 2.45) is 0 Å². The summed E-state index contributed by atoms with van der Waals surface area (Å²) in [6.45, 7) is 5.77. The molecular formula is C9H9Na. The molecule has 0 spiro atoms. The van der Waals surface area contributed by atoms with Crippen LogP contribution < -0.4 is 29.6 Å². The van der Waals surface area contributed by atoms with Gasteiger partial charge >= 0.3 is 29.6 Å². The van der Waals surface area contributed by atoms with Crippen molar-refractivity contribution < 1.29 is 29.6 Å². The number of benzene rings is 1. The van der Waals surface area contributed by atoms with Crippen molar-refractivity contribution in [3.63, 3.8) is 0 Å². The van der Waals surface area contributed by atoms with E-state index in [4.69, 9.17) is 0 Å². The third-order valence-corrected chi connectivity index (χ3v) is 1.17. The van der Waals surface area contributed by atoms with Crippen LogP contribution in [-0.4, -0.2) is 0 Å². The number of hydrogen-bond acceptors (Lipinski definition) is 0. The molecular weight excluding hydrogens is 131 g/mol. The van der Waals surface area contributed by atoms with Gasteiger partial charge in [-0.05, 0) is 0 Å². The van der Waals surface area contributed by atoms with Crippen molar-refractivity contribution in [3.05, 3.63) is 42.5 Å². The molecule has 0 aliphatic rings. The molecule has 0 amide bonds. The second-order valence-electron chi connectivity index (χ2n) is 2.06. The van der Waals surface area contributed by atoms with E-state index in [1.165, 1.54) is 0 Å². The van der Waals surface area contributed by atoms with Crippen LogP contribution in [0.2, 0.25) is 0 Å². The molecule has 10 heavy (non-hydrogen) atoms. The Balaban J connectivity index is 0.000000810. The van der Waals surface area contributed by atoms with Gasteiger partial charge in [-0.3, -0.25) is 0 Å². The molecule has 0 saturated heterocycles. The Hall–Kier alpha value is -0.0400. The molecule has 0 unspecified atom stereocenters. The SMILES string of the molecule is C=C(C)c1[c-]cccc1.[Na+]. The molecule has 46 valence electrons. The first-order valence-corrected chi connectivity index (χ1v) is 2.93. The van der Waals surface area contributed by atoms with Crippen LogP contribution in [0.15, 0.2) is 30.8 Å². The molecule has 1 aromatic rings. The Labute approximate surface area is 84.3 Å². The molecule has 0 saturated carbocycles. The zero-order valence-corrected chi connectivity index (χ0v) is 8.52. The Morgan fingerprint density at radius 1 is 1.50 bits per heavy atom. The van der Waals surface area contributed by atoms with Gasteiger partial charge in [0.1, 0.15) is 0 Å². The molecule has 0 atom stereocenters. The average molecular weight is 140 g/mol. The van der Waals surface area contributed by atoms with E-state index in [0.717, 1.165) is 11.1 Å². The Bertz CT molecular complexity index is 201. The number of rotatable bonds is 1. The van der Waals surface area contributed by atoms with Crippen LogP contribution in [-0.2, 0) is 0 Å². The fraction of sp³-hybridized carbons (Fsp3) is 0.111. The van der Waals surface area contributed by atoms with E-state index in [1.54, 1.807) is 0 Å². The summed E-state index contributed by atoms with van der Waals surface area (Å²) < 4.78 is 0. The van der Waals surface area contributed by atoms with Crippen molar-refractivity contribution in [2.75, 3.05) is 0 Å². The van der Waals surface area contributed by atoms with Crippen molar-refractivity contribution in [3.8, 4) is 0 Å². The van der Waals surface area contributed by atoms with E-state index in [0.29, 0.717) is 0 Å². The monoisotopic (exact) mass is 140 g/mol. The van der Waals surface area contributed by atoms with Gasteiger partial charge in [-0.2, -0.15) is 0 Å².